The zero-order valence-corrected chi connectivity index (χ0v) is 19.5. The number of aryl methyl sites for hydroxylation is 1. The first kappa shape index (κ1) is 23.2. The summed E-state index contributed by atoms with van der Waals surface area (Å²) in [6.07, 6.45) is 0. The van der Waals surface area contributed by atoms with Crippen molar-refractivity contribution < 1.29 is 17.9 Å². The molecule has 162 valence electrons. The topological polar surface area (TPSA) is 84.5 Å². The van der Waals surface area contributed by atoms with Crippen molar-refractivity contribution in [3.05, 3.63) is 80.8 Å². The maximum absolute atomic E-state index is 12.9. The van der Waals surface area contributed by atoms with Gasteiger partial charge >= 0.3 is 0 Å². The minimum atomic E-state index is -4.06. The van der Waals surface area contributed by atoms with Crippen LogP contribution >= 0.6 is 34.8 Å². The van der Waals surface area contributed by atoms with Gasteiger partial charge in [0.25, 0.3) is 15.9 Å². The van der Waals surface area contributed by atoms with Crippen LogP contribution in [0.15, 0.2) is 59.5 Å². The monoisotopic (exact) mass is 498 g/mol. The lowest BCUT2D eigenvalue weighted by molar-refractivity contribution is 0.102. The van der Waals surface area contributed by atoms with Crippen molar-refractivity contribution in [2.24, 2.45) is 0 Å². The van der Waals surface area contributed by atoms with E-state index >= 15 is 0 Å². The predicted octanol–water partition coefficient (Wildman–Crippen LogP) is 6.02. The van der Waals surface area contributed by atoms with Crippen molar-refractivity contribution in [3.63, 3.8) is 0 Å². The van der Waals surface area contributed by atoms with E-state index in [-0.39, 0.29) is 31.3 Å². The Labute approximate surface area is 195 Å². The molecule has 1 amide bonds. The lowest BCUT2D eigenvalue weighted by Crippen LogP contribution is -2.16. The number of carbonyl (C=O) groups is 1. The third kappa shape index (κ3) is 5.43. The molecule has 0 aliphatic heterocycles. The first-order valence-electron chi connectivity index (χ1n) is 8.84. The standard InChI is InChI=1S/C21H17Cl3N2O4S/c1-12-3-5-13(6-4-12)21(27)25-19-9-14(7-8-20(19)30-2)31(28,29)26-18-11-16(23)15(22)10-17(18)24/h3-11,26H,1-2H3,(H,25,27). The highest BCUT2D eigenvalue weighted by molar-refractivity contribution is 7.92. The van der Waals surface area contributed by atoms with E-state index in [1.807, 2.05) is 6.92 Å². The average molecular weight is 500 g/mol. The molecule has 0 spiro atoms. The SMILES string of the molecule is COc1ccc(S(=O)(=O)Nc2cc(Cl)c(Cl)cc2Cl)cc1NC(=O)c1ccc(C)cc1. The molecule has 3 rings (SSSR count). The number of hydrogen-bond donors (Lipinski definition) is 2. The quantitative estimate of drug-likeness (QED) is 0.406. The number of benzene rings is 3. The highest BCUT2D eigenvalue weighted by Crippen LogP contribution is 2.34. The van der Waals surface area contributed by atoms with Crippen LogP contribution in [0.25, 0.3) is 0 Å². The lowest BCUT2D eigenvalue weighted by Gasteiger charge is -2.14. The highest BCUT2D eigenvalue weighted by atomic mass is 35.5. The second kappa shape index (κ2) is 9.36. The second-order valence-electron chi connectivity index (χ2n) is 6.53. The van der Waals surface area contributed by atoms with Crippen molar-refractivity contribution in [1.29, 1.82) is 0 Å². The van der Waals surface area contributed by atoms with Gasteiger partial charge in [-0.05, 0) is 49.4 Å². The van der Waals surface area contributed by atoms with Crippen LogP contribution in [-0.4, -0.2) is 21.4 Å². The molecule has 0 unspecified atom stereocenters. The fourth-order valence-corrected chi connectivity index (χ4v) is 4.40. The Bertz CT molecular complexity index is 1250. The van der Waals surface area contributed by atoms with Gasteiger partial charge in [-0.1, -0.05) is 52.5 Å². The maximum Gasteiger partial charge on any atom is 0.262 e. The molecule has 0 saturated carbocycles. The van der Waals surface area contributed by atoms with Crippen LogP contribution in [-0.2, 0) is 10.0 Å². The summed E-state index contributed by atoms with van der Waals surface area (Å²) in [5, 5.41) is 3.10. The molecule has 0 bridgehead atoms. The van der Waals surface area contributed by atoms with E-state index in [1.165, 1.54) is 37.4 Å². The van der Waals surface area contributed by atoms with Gasteiger partial charge in [-0.2, -0.15) is 0 Å². The molecule has 0 aromatic heterocycles. The van der Waals surface area contributed by atoms with E-state index < -0.39 is 15.9 Å². The molecular weight excluding hydrogens is 483 g/mol. The first-order chi connectivity index (χ1) is 14.6. The Morgan fingerprint density at radius 2 is 1.52 bits per heavy atom. The summed E-state index contributed by atoms with van der Waals surface area (Å²) in [4.78, 5) is 12.5. The van der Waals surface area contributed by atoms with E-state index in [4.69, 9.17) is 39.5 Å². The summed E-state index contributed by atoms with van der Waals surface area (Å²) in [5.74, 6) is -0.111. The molecule has 3 aromatic carbocycles. The summed E-state index contributed by atoms with van der Waals surface area (Å²) in [7, 11) is -2.65. The molecule has 10 heteroatoms. The number of anilines is 2. The molecule has 0 radical (unpaired) electrons. The number of rotatable bonds is 6. The molecule has 0 aliphatic rings. The predicted molar refractivity (Wildman–Crippen MR) is 124 cm³/mol. The van der Waals surface area contributed by atoms with E-state index in [0.29, 0.717) is 11.3 Å². The Hall–Kier alpha value is -2.45. The van der Waals surface area contributed by atoms with Crippen molar-refractivity contribution >= 4 is 62.1 Å². The molecule has 2 N–H and O–H groups in total. The third-order valence-corrected chi connectivity index (χ3v) is 6.70. The second-order valence-corrected chi connectivity index (χ2v) is 9.44. The van der Waals surface area contributed by atoms with Gasteiger partial charge in [0.1, 0.15) is 5.75 Å². The van der Waals surface area contributed by atoms with Gasteiger partial charge in [0.15, 0.2) is 0 Å². The minimum absolute atomic E-state index is 0.0668. The fraction of sp³-hybridized carbons (Fsp3) is 0.0952. The number of amides is 1. The van der Waals surface area contributed by atoms with Crippen molar-refractivity contribution in [1.82, 2.24) is 0 Å². The van der Waals surface area contributed by atoms with E-state index in [2.05, 4.69) is 10.0 Å². The van der Waals surface area contributed by atoms with Crippen molar-refractivity contribution in [2.45, 2.75) is 11.8 Å². The normalized spacial score (nSPS) is 11.1. The molecule has 3 aromatic rings. The van der Waals surface area contributed by atoms with Gasteiger partial charge in [-0.25, -0.2) is 8.42 Å². The van der Waals surface area contributed by atoms with Gasteiger partial charge in [0.05, 0.1) is 38.4 Å². The van der Waals surface area contributed by atoms with Crippen LogP contribution in [0.2, 0.25) is 15.1 Å². The van der Waals surface area contributed by atoms with Crippen LogP contribution in [0, 0.1) is 6.92 Å². The molecular formula is C21H17Cl3N2O4S. The Morgan fingerprint density at radius 3 is 2.16 bits per heavy atom. The van der Waals surface area contributed by atoms with Crippen LogP contribution in [0.5, 0.6) is 5.75 Å². The first-order valence-corrected chi connectivity index (χ1v) is 11.5. The van der Waals surface area contributed by atoms with Crippen LogP contribution < -0.4 is 14.8 Å². The van der Waals surface area contributed by atoms with Crippen molar-refractivity contribution in [2.75, 3.05) is 17.1 Å². The number of methoxy groups -OCH3 is 1. The molecule has 0 heterocycles. The van der Waals surface area contributed by atoms with Crippen LogP contribution in [0.1, 0.15) is 15.9 Å². The molecule has 0 saturated heterocycles. The molecule has 0 atom stereocenters. The van der Waals surface area contributed by atoms with Gasteiger partial charge in [0, 0.05) is 5.56 Å². The Morgan fingerprint density at radius 1 is 0.871 bits per heavy atom. The van der Waals surface area contributed by atoms with Crippen LogP contribution in [0.3, 0.4) is 0 Å². The van der Waals surface area contributed by atoms with Gasteiger partial charge in [-0.3, -0.25) is 9.52 Å². The molecule has 0 aliphatic carbocycles. The summed E-state index contributed by atoms with van der Waals surface area (Å²) >= 11 is 17.9. The highest BCUT2D eigenvalue weighted by Gasteiger charge is 2.20. The summed E-state index contributed by atoms with van der Waals surface area (Å²) in [6, 6.07) is 13.7. The minimum Gasteiger partial charge on any atom is -0.495 e. The van der Waals surface area contributed by atoms with E-state index in [0.717, 1.165) is 5.56 Å². The lowest BCUT2D eigenvalue weighted by atomic mass is 10.1. The number of sulfonamides is 1. The number of carbonyl (C=O) groups excluding carboxylic acids is 1. The molecule has 0 fully saturated rings. The Kier molecular flexibility index (Phi) is 7.01. The van der Waals surface area contributed by atoms with Crippen LogP contribution in [0.4, 0.5) is 11.4 Å². The maximum atomic E-state index is 12.9. The van der Waals surface area contributed by atoms with Gasteiger partial charge < -0.3 is 10.1 Å². The summed E-state index contributed by atoms with van der Waals surface area (Å²) < 4.78 is 33.4. The average Bonchev–Trinajstić information content (AvgIpc) is 2.72. The number of hydrogen-bond acceptors (Lipinski definition) is 4. The zero-order chi connectivity index (χ0) is 22.8. The van der Waals surface area contributed by atoms with Gasteiger partial charge in [-0.15, -0.1) is 0 Å². The smallest absolute Gasteiger partial charge is 0.262 e. The zero-order valence-electron chi connectivity index (χ0n) is 16.4. The molecule has 31 heavy (non-hydrogen) atoms. The van der Waals surface area contributed by atoms with E-state index in [1.54, 1.807) is 24.3 Å². The Balaban J connectivity index is 1.92. The number of nitrogens with one attached hydrogen (secondary N) is 2. The fourth-order valence-electron chi connectivity index (χ4n) is 2.66. The van der Waals surface area contributed by atoms with Crippen molar-refractivity contribution in [3.8, 4) is 5.75 Å². The molecule has 6 nitrogen and oxygen atoms in total. The largest absolute Gasteiger partial charge is 0.495 e. The summed E-state index contributed by atoms with van der Waals surface area (Å²) in [6.45, 7) is 1.91. The van der Waals surface area contributed by atoms with E-state index in [9.17, 15) is 13.2 Å². The summed E-state index contributed by atoms with van der Waals surface area (Å²) in [5.41, 5.74) is 1.68. The number of halogens is 3. The third-order valence-electron chi connectivity index (χ3n) is 4.30. The number of ether oxygens (including phenoxy) is 1. The van der Waals surface area contributed by atoms with Gasteiger partial charge in [0.2, 0.25) is 0 Å².